The van der Waals surface area contributed by atoms with E-state index in [1.807, 2.05) is 28.1 Å². The standard InChI is InChI=1S/C19H20N6OS/c1-2-15(10-25-14(1)9-20-22-25)24-8-5-17-19(24)27-18(21-17)13-3-6-23(7-4-13)16-11-26-12-16/h1-2,5,8-10,13,16H,3-4,6-7,11-12H2. The number of pyridine rings is 1. The van der Waals surface area contributed by atoms with Crippen molar-refractivity contribution in [2.24, 2.45) is 0 Å². The molecule has 2 aliphatic rings. The third-order valence-electron chi connectivity index (χ3n) is 5.83. The number of hydrogen-bond acceptors (Lipinski definition) is 6. The summed E-state index contributed by atoms with van der Waals surface area (Å²) >= 11 is 1.83. The predicted octanol–water partition coefficient (Wildman–Crippen LogP) is 2.71. The molecule has 2 aliphatic heterocycles. The molecule has 138 valence electrons. The number of rotatable bonds is 3. The minimum atomic E-state index is 0.575. The lowest BCUT2D eigenvalue weighted by Crippen LogP contribution is -2.51. The van der Waals surface area contributed by atoms with Crippen molar-refractivity contribution in [2.45, 2.75) is 24.8 Å². The fraction of sp³-hybridized carbons (Fsp3) is 0.421. The Bertz CT molecular complexity index is 1100. The van der Waals surface area contributed by atoms with E-state index in [-0.39, 0.29) is 0 Å². The zero-order chi connectivity index (χ0) is 17.8. The molecule has 8 heteroatoms. The van der Waals surface area contributed by atoms with E-state index < -0.39 is 0 Å². The van der Waals surface area contributed by atoms with Gasteiger partial charge in [0.05, 0.1) is 47.9 Å². The van der Waals surface area contributed by atoms with Crippen LogP contribution in [0, 0.1) is 0 Å². The molecule has 0 atom stereocenters. The lowest BCUT2D eigenvalue weighted by atomic mass is 9.96. The summed E-state index contributed by atoms with van der Waals surface area (Å²) in [5.41, 5.74) is 3.16. The maximum absolute atomic E-state index is 5.34. The Balaban J connectivity index is 1.28. The fourth-order valence-corrected chi connectivity index (χ4v) is 5.34. The first-order valence-corrected chi connectivity index (χ1v) is 10.3. The predicted molar refractivity (Wildman–Crippen MR) is 104 cm³/mol. The Hall–Kier alpha value is -2.29. The molecule has 0 unspecified atom stereocenters. The van der Waals surface area contributed by atoms with Crippen LogP contribution >= 0.6 is 11.3 Å². The average Bonchev–Trinajstić information content (AvgIpc) is 3.35. The first-order chi connectivity index (χ1) is 13.3. The van der Waals surface area contributed by atoms with E-state index >= 15 is 0 Å². The second kappa shape index (κ2) is 6.12. The molecule has 4 aromatic rings. The van der Waals surface area contributed by atoms with Crippen molar-refractivity contribution < 1.29 is 4.74 Å². The molecule has 0 saturated carbocycles. The molecule has 0 N–H and O–H groups in total. The van der Waals surface area contributed by atoms with E-state index in [0.29, 0.717) is 12.0 Å². The zero-order valence-electron chi connectivity index (χ0n) is 14.9. The Morgan fingerprint density at radius 2 is 2.00 bits per heavy atom. The van der Waals surface area contributed by atoms with Gasteiger partial charge in [-0.1, -0.05) is 16.6 Å². The molecule has 7 nitrogen and oxygen atoms in total. The summed E-state index contributed by atoms with van der Waals surface area (Å²) in [4.78, 5) is 8.75. The van der Waals surface area contributed by atoms with E-state index in [4.69, 9.17) is 9.72 Å². The van der Waals surface area contributed by atoms with Gasteiger partial charge in [0.15, 0.2) is 0 Å². The molecule has 0 spiro atoms. The number of aromatic nitrogens is 5. The van der Waals surface area contributed by atoms with Crippen molar-refractivity contribution in [2.75, 3.05) is 26.3 Å². The number of hydrogen-bond donors (Lipinski definition) is 0. The van der Waals surface area contributed by atoms with Gasteiger partial charge in [-0.05, 0) is 44.1 Å². The molecule has 4 aromatic heterocycles. The van der Waals surface area contributed by atoms with Crippen molar-refractivity contribution >= 4 is 27.2 Å². The molecule has 2 saturated heterocycles. The average molecular weight is 380 g/mol. The van der Waals surface area contributed by atoms with Crippen LogP contribution in [0.3, 0.4) is 0 Å². The first kappa shape index (κ1) is 15.7. The zero-order valence-corrected chi connectivity index (χ0v) is 15.7. The van der Waals surface area contributed by atoms with Crippen molar-refractivity contribution in [3.8, 4) is 5.69 Å². The molecule has 0 bridgehead atoms. The van der Waals surface area contributed by atoms with Gasteiger partial charge in [-0.25, -0.2) is 9.50 Å². The van der Waals surface area contributed by atoms with Crippen molar-refractivity contribution in [1.82, 2.24) is 29.3 Å². The van der Waals surface area contributed by atoms with E-state index in [1.165, 1.54) is 22.7 Å². The molecule has 2 fully saturated rings. The van der Waals surface area contributed by atoms with Gasteiger partial charge in [-0.15, -0.1) is 5.10 Å². The van der Waals surface area contributed by atoms with E-state index in [1.54, 1.807) is 6.20 Å². The second-order valence-electron chi connectivity index (χ2n) is 7.42. The van der Waals surface area contributed by atoms with Crippen LogP contribution in [-0.2, 0) is 4.74 Å². The molecule has 0 amide bonds. The van der Waals surface area contributed by atoms with Crippen LogP contribution in [0.4, 0.5) is 0 Å². The van der Waals surface area contributed by atoms with Gasteiger partial charge in [0.2, 0.25) is 0 Å². The lowest BCUT2D eigenvalue weighted by Gasteiger charge is -2.41. The molecule has 6 rings (SSSR count). The van der Waals surface area contributed by atoms with E-state index in [2.05, 4.69) is 38.1 Å². The highest BCUT2D eigenvalue weighted by molar-refractivity contribution is 7.18. The van der Waals surface area contributed by atoms with Gasteiger partial charge < -0.3 is 9.30 Å². The SMILES string of the molecule is c1cc2cnnn2cc1-n1ccc2nc(C3CCN(C4COC4)CC3)sc21. The minimum Gasteiger partial charge on any atom is -0.378 e. The number of ether oxygens (including phenoxy) is 1. The number of piperidine rings is 1. The summed E-state index contributed by atoms with van der Waals surface area (Å²) in [6.07, 6.45) is 8.26. The summed E-state index contributed by atoms with van der Waals surface area (Å²) in [6.45, 7) is 4.13. The minimum absolute atomic E-state index is 0.575. The Kier molecular flexibility index (Phi) is 3.57. The van der Waals surface area contributed by atoms with E-state index in [9.17, 15) is 0 Å². The fourth-order valence-electron chi connectivity index (χ4n) is 4.11. The molecule has 0 aromatic carbocycles. The molecule has 0 radical (unpaired) electrons. The monoisotopic (exact) mass is 380 g/mol. The van der Waals surface area contributed by atoms with Crippen LogP contribution < -0.4 is 0 Å². The van der Waals surface area contributed by atoms with Crippen LogP contribution in [0.1, 0.15) is 23.8 Å². The number of thiazole rings is 1. The Morgan fingerprint density at radius 1 is 1.11 bits per heavy atom. The van der Waals surface area contributed by atoms with Crippen LogP contribution in [-0.4, -0.2) is 61.6 Å². The molecule has 0 aliphatic carbocycles. The summed E-state index contributed by atoms with van der Waals surface area (Å²) in [5.74, 6) is 0.575. The molecule has 27 heavy (non-hydrogen) atoms. The molecule has 6 heterocycles. The van der Waals surface area contributed by atoms with E-state index in [0.717, 1.165) is 43.0 Å². The van der Waals surface area contributed by atoms with Gasteiger partial charge >= 0.3 is 0 Å². The largest absolute Gasteiger partial charge is 0.378 e. The van der Waals surface area contributed by atoms with Crippen molar-refractivity contribution in [1.29, 1.82) is 0 Å². The van der Waals surface area contributed by atoms with Gasteiger partial charge in [-0.2, -0.15) is 0 Å². The second-order valence-corrected chi connectivity index (χ2v) is 8.43. The third kappa shape index (κ3) is 2.59. The highest BCUT2D eigenvalue weighted by Gasteiger charge is 2.31. The summed E-state index contributed by atoms with van der Waals surface area (Å²) < 4.78 is 9.36. The molecular formula is C19H20N6OS. The lowest BCUT2D eigenvalue weighted by molar-refractivity contribution is -0.0712. The highest BCUT2D eigenvalue weighted by atomic mass is 32.1. The number of nitrogens with zero attached hydrogens (tertiary/aromatic N) is 6. The smallest absolute Gasteiger partial charge is 0.127 e. The number of likely N-dealkylation sites (tertiary alicyclic amines) is 1. The maximum atomic E-state index is 5.34. The van der Waals surface area contributed by atoms with Crippen LogP contribution in [0.2, 0.25) is 0 Å². The van der Waals surface area contributed by atoms with Gasteiger partial charge in [0.1, 0.15) is 10.3 Å². The Labute approximate surface area is 160 Å². The van der Waals surface area contributed by atoms with Gasteiger partial charge in [0.25, 0.3) is 0 Å². The van der Waals surface area contributed by atoms with Crippen molar-refractivity contribution in [3.05, 3.63) is 41.8 Å². The third-order valence-corrected chi connectivity index (χ3v) is 7.06. The normalized spacial score (nSPS) is 19.9. The summed E-state index contributed by atoms with van der Waals surface area (Å²) in [5, 5.41) is 9.35. The Morgan fingerprint density at radius 3 is 2.81 bits per heavy atom. The quantitative estimate of drug-likeness (QED) is 0.547. The van der Waals surface area contributed by atoms with Gasteiger partial charge in [0, 0.05) is 12.1 Å². The maximum Gasteiger partial charge on any atom is 0.127 e. The first-order valence-electron chi connectivity index (χ1n) is 9.45. The highest BCUT2D eigenvalue weighted by Crippen LogP contribution is 2.36. The van der Waals surface area contributed by atoms with Crippen LogP contribution in [0.5, 0.6) is 0 Å². The van der Waals surface area contributed by atoms with Crippen LogP contribution in [0.15, 0.2) is 36.8 Å². The topological polar surface area (TPSA) is 60.5 Å². The molecular weight excluding hydrogens is 360 g/mol. The summed E-state index contributed by atoms with van der Waals surface area (Å²) in [7, 11) is 0. The summed E-state index contributed by atoms with van der Waals surface area (Å²) in [6, 6.07) is 6.92. The number of fused-ring (bicyclic) bond motifs is 2. The van der Waals surface area contributed by atoms with Gasteiger partial charge in [-0.3, -0.25) is 4.90 Å². The van der Waals surface area contributed by atoms with Crippen molar-refractivity contribution in [3.63, 3.8) is 0 Å². The van der Waals surface area contributed by atoms with Crippen LogP contribution in [0.25, 0.3) is 21.6 Å².